The third-order valence-electron chi connectivity index (χ3n) is 3.63. The molecular weight excluding hydrogens is 258 g/mol. The molecule has 1 aliphatic heterocycles. The first kappa shape index (κ1) is 14.9. The largest absolute Gasteiger partial charge is 0.383 e. The second-order valence-corrected chi connectivity index (χ2v) is 5.13. The van der Waals surface area contributed by atoms with E-state index in [1.54, 1.807) is 13.3 Å². The fourth-order valence-corrected chi connectivity index (χ4v) is 2.50. The Morgan fingerprint density at radius 1 is 1.65 bits per heavy atom. The number of likely N-dealkylation sites (tertiary alicyclic amines) is 1. The average molecular weight is 281 g/mol. The number of nitrogens with zero attached hydrogens (tertiary/aromatic N) is 3. The van der Waals surface area contributed by atoms with Crippen LogP contribution in [0.15, 0.2) is 6.20 Å². The molecule has 2 heterocycles. The van der Waals surface area contributed by atoms with Crippen LogP contribution in [0.25, 0.3) is 0 Å². The summed E-state index contributed by atoms with van der Waals surface area (Å²) in [5, 5.41) is 13.3. The first-order chi connectivity index (χ1) is 9.79. The molecule has 7 heteroatoms. The van der Waals surface area contributed by atoms with Crippen molar-refractivity contribution in [1.29, 1.82) is 0 Å². The van der Waals surface area contributed by atoms with E-state index in [0.717, 1.165) is 44.8 Å². The summed E-state index contributed by atoms with van der Waals surface area (Å²) < 4.78 is 5.09. The van der Waals surface area contributed by atoms with Gasteiger partial charge in [-0.05, 0) is 19.4 Å². The van der Waals surface area contributed by atoms with Crippen LogP contribution in [0.5, 0.6) is 0 Å². The van der Waals surface area contributed by atoms with Crippen LogP contribution >= 0.6 is 0 Å². The molecule has 1 amide bonds. The van der Waals surface area contributed by atoms with Crippen LogP contribution in [0.1, 0.15) is 18.5 Å². The summed E-state index contributed by atoms with van der Waals surface area (Å²) in [7, 11) is 1.71. The van der Waals surface area contributed by atoms with Gasteiger partial charge in [-0.15, -0.1) is 0 Å². The lowest BCUT2D eigenvalue weighted by atomic mass is 9.97. The number of carbonyl (C=O) groups excluding carboxylic acids is 1. The van der Waals surface area contributed by atoms with Gasteiger partial charge in [0.25, 0.3) is 0 Å². The van der Waals surface area contributed by atoms with E-state index in [0.29, 0.717) is 13.0 Å². The monoisotopic (exact) mass is 281 g/mol. The van der Waals surface area contributed by atoms with Gasteiger partial charge in [-0.2, -0.15) is 15.4 Å². The minimum atomic E-state index is 0.0953. The Balaban J connectivity index is 1.68. The number of rotatable bonds is 7. The minimum Gasteiger partial charge on any atom is -0.383 e. The highest BCUT2D eigenvalue weighted by molar-refractivity contribution is 5.78. The maximum atomic E-state index is 12.1. The zero-order chi connectivity index (χ0) is 14.2. The standard InChI is InChI=1S/C13H23N5O2/c1-20-8-7-18-6-2-3-11(10-18)13(19)14-5-4-12-9-15-17-16-12/h9,11H,2-8,10H2,1H3,(H,14,19)(H,15,16,17)/t11-/m0/s1. The number of hydrogen-bond acceptors (Lipinski definition) is 5. The lowest BCUT2D eigenvalue weighted by Crippen LogP contribution is -2.44. The van der Waals surface area contributed by atoms with Crippen LogP contribution in [-0.4, -0.2) is 66.1 Å². The van der Waals surface area contributed by atoms with E-state index in [9.17, 15) is 4.79 Å². The number of carbonyl (C=O) groups is 1. The van der Waals surface area contributed by atoms with Gasteiger partial charge in [0, 0.05) is 33.2 Å². The van der Waals surface area contributed by atoms with Crippen molar-refractivity contribution in [2.75, 3.05) is 39.9 Å². The third kappa shape index (κ3) is 4.57. The van der Waals surface area contributed by atoms with Gasteiger partial charge in [0.05, 0.1) is 24.4 Å². The number of nitrogens with one attached hydrogen (secondary N) is 2. The van der Waals surface area contributed by atoms with Crippen LogP contribution in [-0.2, 0) is 16.0 Å². The van der Waals surface area contributed by atoms with E-state index >= 15 is 0 Å². The third-order valence-corrected chi connectivity index (χ3v) is 3.63. The molecule has 1 atom stereocenters. The zero-order valence-electron chi connectivity index (χ0n) is 12.0. The molecule has 2 N–H and O–H groups in total. The Bertz CT molecular complexity index is 395. The van der Waals surface area contributed by atoms with Crippen molar-refractivity contribution in [1.82, 2.24) is 25.6 Å². The lowest BCUT2D eigenvalue weighted by Gasteiger charge is -2.31. The predicted molar refractivity (Wildman–Crippen MR) is 74.1 cm³/mol. The summed E-state index contributed by atoms with van der Waals surface area (Å²) in [6.45, 7) is 4.13. The second kappa shape index (κ2) is 7.96. The summed E-state index contributed by atoms with van der Waals surface area (Å²) in [5.41, 5.74) is 0.871. The van der Waals surface area contributed by atoms with Crippen molar-refractivity contribution in [3.05, 3.63) is 11.9 Å². The van der Waals surface area contributed by atoms with Crippen molar-refractivity contribution < 1.29 is 9.53 Å². The van der Waals surface area contributed by atoms with E-state index in [4.69, 9.17) is 4.74 Å². The molecule has 112 valence electrons. The topological polar surface area (TPSA) is 83.1 Å². The molecule has 0 aliphatic carbocycles. The van der Waals surface area contributed by atoms with E-state index in [1.807, 2.05) is 0 Å². The molecule has 20 heavy (non-hydrogen) atoms. The molecule has 1 aliphatic rings. The maximum Gasteiger partial charge on any atom is 0.224 e. The number of ether oxygens (including phenoxy) is 1. The van der Waals surface area contributed by atoms with Gasteiger partial charge in [0.1, 0.15) is 0 Å². The highest BCUT2D eigenvalue weighted by Gasteiger charge is 2.25. The van der Waals surface area contributed by atoms with Gasteiger partial charge >= 0.3 is 0 Å². The van der Waals surface area contributed by atoms with Crippen molar-refractivity contribution >= 4 is 5.91 Å². The van der Waals surface area contributed by atoms with E-state index in [-0.39, 0.29) is 11.8 Å². The Hall–Kier alpha value is -1.47. The normalized spacial score (nSPS) is 19.9. The summed E-state index contributed by atoms with van der Waals surface area (Å²) in [5.74, 6) is 0.244. The predicted octanol–water partition coefficient (Wildman–Crippen LogP) is -0.178. The average Bonchev–Trinajstić information content (AvgIpc) is 2.98. The van der Waals surface area contributed by atoms with Gasteiger partial charge in [-0.25, -0.2) is 0 Å². The van der Waals surface area contributed by atoms with E-state index < -0.39 is 0 Å². The summed E-state index contributed by atoms with van der Waals surface area (Å²) in [4.78, 5) is 14.4. The molecule has 1 aromatic rings. The summed E-state index contributed by atoms with van der Waals surface area (Å²) in [6, 6.07) is 0. The van der Waals surface area contributed by atoms with Crippen molar-refractivity contribution in [2.24, 2.45) is 5.92 Å². The molecule has 0 bridgehead atoms. The van der Waals surface area contributed by atoms with Crippen molar-refractivity contribution in [3.8, 4) is 0 Å². The van der Waals surface area contributed by atoms with Crippen LogP contribution in [0.2, 0.25) is 0 Å². The summed E-state index contributed by atoms with van der Waals surface area (Å²) in [6.07, 6.45) is 4.44. The number of H-pyrrole nitrogens is 1. The SMILES string of the molecule is COCCN1CCC[C@H](C(=O)NCCc2cn[nH]n2)C1. The molecule has 0 aromatic carbocycles. The van der Waals surface area contributed by atoms with Crippen LogP contribution < -0.4 is 5.32 Å². The smallest absolute Gasteiger partial charge is 0.224 e. The number of piperidine rings is 1. The molecular formula is C13H23N5O2. The van der Waals surface area contributed by atoms with Gasteiger partial charge in [-0.1, -0.05) is 0 Å². The molecule has 0 unspecified atom stereocenters. The number of aromatic nitrogens is 3. The maximum absolute atomic E-state index is 12.1. The van der Waals surface area contributed by atoms with Gasteiger partial charge < -0.3 is 15.0 Å². The van der Waals surface area contributed by atoms with E-state index in [1.165, 1.54) is 0 Å². The molecule has 7 nitrogen and oxygen atoms in total. The molecule has 1 fully saturated rings. The van der Waals surface area contributed by atoms with Gasteiger partial charge in [-0.3, -0.25) is 4.79 Å². The number of amides is 1. The van der Waals surface area contributed by atoms with Gasteiger partial charge in [0.15, 0.2) is 0 Å². The van der Waals surface area contributed by atoms with Gasteiger partial charge in [0.2, 0.25) is 5.91 Å². The Morgan fingerprint density at radius 2 is 2.55 bits per heavy atom. The Morgan fingerprint density at radius 3 is 3.30 bits per heavy atom. The number of hydrogen-bond donors (Lipinski definition) is 2. The molecule has 1 saturated heterocycles. The number of methoxy groups -OCH3 is 1. The lowest BCUT2D eigenvalue weighted by molar-refractivity contribution is -0.126. The van der Waals surface area contributed by atoms with Crippen LogP contribution in [0.4, 0.5) is 0 Å². The quantitative estimate of drug-likeness (QED) is 0.724. The van der Waals surface area contributed by atoms with Crippen LogP contribution in [0.3, 0.4) is 0 Å². The zero-order valence-corrected chi connectivity index (χ0v) is 12.0. The Kier molecular flexibility index (Phi) is 5.94. The number of aromatic amines is 1. The molecule has 2 rings (SSSR count). The first-order valence-electron chi connectivity index (χ1n) is 7.13. The second-order valence-electron chi connectivity index (χ2n) is 5.13. The minimum absolute atomic E-state index is 0.0953. The van der Waals surface area contributed by atoms with E-state index in [2.05, 4.69) is 25.6 Å². The van der Waals surface area contributed by atoms with Crippen molar-refractivity contribution in [3.63, 3.8) is 0 Å². The fraction of sp³-hybridized carbons (Fsp3) is 0.769. The molecule has 0 radical (unpaired) electrons. The molecule has 1 aromatic heterocycles. The van der Waals surface area contributed by atoms with Crippen LogP contribution in [0, 0.1) is 5.92 Å². The highest BCUT2D eigenvalue weighted by Crippen LogP contribution is 2.16. The Labute approximate surface area is 119 Å². The molecule has 0 spiro atoms. The first-order valence-corrected chi connectivity index (χ1v) is 7.13. The highest BCUT2D eigenvalue weighted by atomic mass is 16.5. The van der Waals surface area contributed by atoms with Crippen molar-refractivity contribution in [2.45, 2.75) is 19.3 Å². The summed E-state index contributed by atoms with van der Waals surface area (Å²) >= 11 is 0. The molecule has 0 saturated carbocycles. The fourth-order valence-electron chi connectivity index (χ4n) is 2.50.